The van der Waals surface area contributed by atoms with E-state index < -0.39 is 18.4 Å². The predicted octanol–water partition coefficient (Wildman–Crippen LogP) is 9.24. The van der Waals surface area contributed by atoms with Crippen molar-refractivity contribution in [3.8, 4) is 0 Å². The van der Waals surface area contributed by atoms with Crippen molar-refractivity contribution in [2.45, 2.75) is 37.6 Å². The van der Waals surface area contributed by atoms with Crippen molar-refractivity contribution >= 4 is 36.7 Å². The van der Waals surface area contributed by atoms with Gasteiger partial charge in [0.25, 0.3) is 0 Å². The zero-order valence-corrected chi connectivity index (χ0v) is 24.6. The van der Waals surface area contributed by atoms with E-state index in [1.165, 1.54) is 55.7 Å². The van der Waals surface area contributed by atoms with E-state index in [2.05, 4.69) is 135 Å². The average Bonchev–Trinajstić information content (AvgIpc) is 3.08. The molecule has 4 aromatic rings. The third-order valence-electron chi connectivity index (χ3n) is 7.36. The third-order valence-corrected chi connectivity index (χ3v) is 17.6. The second kappa shape index (κ2) is 9.31. The van der Waals surface area contributed by atoms with Crippen LogP contribution in [0.1, 0.15) is 44.5 Å². The molecule has 0 radical (unpaired) electrons. The van der Waals surface area contributed by atoms with Crippen molar-refractivity contribution in [2.75, 3.05) is 0 Å². The van der Waals surface area contributed by atoms with E-state index in [1.54, 1.807) is 7.18 Å². The molecular formula is C34H34Sn. The van der Waals surface area contributed by atoms with E-state index in [-0.39, 0.29) is 0 Å². The van der Waals surface area contributed by atoms with Gasteiger partial charge >= 0.3 is 216 Å². The van der Waals surface area contributed by atoms with E-state index in [0.29, 0.717) is 0 Å². The van der Waals surface area contributed by atoms with E-state index in [9.17, 15) is 0 Å². The molecule has 0 bridgehead atoms. The Morgan fingerprint density at radius 2 is 0.571 bits per heavy atom. The Hall–Kier alpha value is -2.84. The van der Waals surface area contributed by atoms with Gasteiger partial charge in [-0.2, -0.15) is 0 Å². The molecule has 35 heavy (non-hydrogen) atoms. The monoisotopic (exact) mass is 562 g/mol. The first-order valence-electron chi connectivity index (χ1n) is 12.5. The fraction of sp³-hybridized carbons (Fsp3) is 0.176. The van der Waals surface area contributed by atoms with Gasteiger partial charge in [-0.25, -0.2) is 0 Å². The summed E-state index contributed by atoms with van der Waals surface area (Å²) in [7, 11) is 0. The van der Waals surface area contributed by atoms with Crippen molar-refractivity contribution in [3.05, 3.63) is 142 Å². The van der Waals surface area contributed by atoms with Gasteiger partial charge in [0.2, 0.25) is 0 Å². The van der Waals surface area contributed by atoms with Gasteiger partial charge in [0, 0.05) is 0 Å². The van der Waals surface area contributed by atoms with Crippen LogP contribution in [0.4, 0.5) is 0 Å². The number of allylic oxidation sites excluding steroid dienone is 2. The molecule has 0 unspecified atom stereocenters. The molecule has 0 amide bonds. The maximum absolute atomic E-state index is 3.05. The number of hydrogen-bond donors (Lipinski definition) is 0. The topological polar surface area (TPSA) is 0 Å². The van der Waals surface area contributed by atoms with Crippen molar-refractivity contribution in [1.29, 1.82) is 0 Å². The summed E-state index contributed by atoms with van der Waals surface area (Å²) in [5, 5.41) is 0. The fourth-order valence-corrected chi connectivity index (χ4v) is 16.4. The molecule has 0 nitrogen and oxygen atoms in total. The molecule has 0 aromatic heterocycles. The molecule has 0 saturated carbocycles. The van der Waals surface area contributed by atoms with Gasteiger partial charge in [0.15, 0.2) is 0 Å². The van der Waals surface area contributed by atoms with E-state index in [4.69, 9.17) is 0 Å². The summed E-state index contributed by atoms with van der Waals surface area (Å²) in [6, 6.07) is 36.8. The molecule has 0 spiro atoms. The van der Waals surface area contributed by atoms with Crippen molar-refractivity contribution in [1.82, 2.24) is 0 Å². The summed E-state index contributed by atoms with van der Waals surface area (Å²) in [5.74, 6) is 0. The number of benzene rings is 4. The molecule has 1 heteroatoms. The Bertz CT molecular complexity index is 1310. The summed E-state index contributed by atoms with van der Waals surface area (Å²) in [4.78, 5) is 5.21. The Balaban J connectivity index is 1.90. The summed E-state index contributed by atoms with van der Waals surface area (Å²) >= 11 is -3.05. The van der Waals surface area contributed by atoms with E-state index in [0.717, 1.165) is 0 Å². The molecule has 5 rings (SSSR count). The molecule has 1 heterocycles. The molecule has 174 valence electrons. The Kier molecular flexibility index (Phi) is 6.36. The number of hydrogen-bond acceptors (Lipinski definition) is 0. The zero-order chi connectivity index (χ0) is 24.7. The van der Waals surface area contributed by atoms with Crippen LogP contribution in [0.15, 0.2) is 97.1 Å². The fourth-order valence-electron chi connectivity index (χ4n) is 5.47. The maximum atomic E-state index is 2.61. The Morgan fingerprint density at radius 3 is 0.829 bits per heavy atom. The molecule has 0 aliphatic carbocycles. The van der Waals surface area contributed by atoms with Gasteiger partial charge in [-0.05, 0) is 0 Å². The van der Waals surface area contributed by atoms with Gasteiger partial charge in [-0.3, -0.25) is 0 Å². The van der Waals surface area contributed by atoms with Gasteiger partial charge in [0.1, 0.15) is 0 Å². The van der Waals surface area contributed by atoms with Crippen LogP contribution in [0.25, 0.3) is 18.3 Å². The van der Waals surface area contributed by atoms with Crippen LogP contribution < -0.4 is 0 Å². The van der Waals surface area contributed by atoms with Crippen LogP contribution in [-0.2, 0) is 0 Å². The SMILES string of the molecule is Cc1ccc(C2=[C](c3ccc(C)cc3)[Sn]([CH3])([CH3])[C](c3ccc(C)cc3)=C2c2ccc(C)cc2)cc1. The van der Waals surface area contributed by atoms with Crippen LogP contribution in [0, 0.1) is 27.7 Å². The predicted molar refractivity (Wildman–Crippen MR) is 156 cm³/mol. The van der Waals surface area contributed by atoms with E-state index in [1.807, 2.05) is 0 Å². The van der Waals surface area contributed by atoms with Crippen LogP contribution in [0.2, 0.25) is 9.88 Å². The first-order valence-corrected chi connectivity index (χ1v) is 21.1. The van der Waals surface area contributed by atoms with Crippen molar-refractivity contribution < 1.29 is 0 Å². The first kappa shape index (κ1) is 23.9. The molecule has 4 aromatic carbocycles. The normalized spacial score (nSPS) is 15.1. The first-order chi connectivity index (χ1) is 16.8. The second-order valence-corrected chi connectivity index (χ2v) is 22.7. The molecule has 1 aliphatic heterocycles. The molecule has 0 saturated heterocycles. The molecule has 0 atom stereocenters. The van der Waals surface area contributed by atoms with Gasteiger partial charge < -0.3 is 0 Å². The Labute approximate surface area is 214 Å². The third kappa shape index (κ3) is 4.45. The molecule has 1 aliphatic rings. The number of rotatable bonds is 4. The summed E-state index contributed by atoms with van der Waals surface area (Å²) in [6.45, 7) is 8.70. The van der Waals surface area contributed by atoms with Gasteiger partial charge in [-0.15, -0.1) is 0 Å². The van der Waals surface area contributed by atoms with Gasteiger partial charge in [-0.1, -0.05) is 0 Å². The minimum atomic E-state index is -3.05. The standard InChI is InChI=1S/C32H28.2CH3.Sn/c1-23-5-13-27(14-6-23)21-31(29-17-9-25(3)10-18-29)32(30-19-11-26(4)12-20-30)22-28-15-7-24(2)8-16-28;;;/h5-20H,1-4H3;2*1H3;. The van der Waals surface area contributed by atoms with Crippen LogP contribution in [0.5, 0.6) is 0 Å². The van der Waals surface area contributed by atoms with Crippen molar-refractivity contribution in [2.24, 2.45) is 0 Å². The number of aryl methyl sites for hydroxylation is 4. The van der Waals surface area contributed by atoms with Crippen molar-refractivity contribution in [3.63, 3.8) is 0 Å². The van der Waals surface area contributed by atoms with E-state index >= 15 is 0 Å². The second-order valence-electron chi connectivity index (χ2n) is 10.6. The Morgan fingerprint density at radius 1 is 0.343 bits per heavy atom. The molecule has 0 N–H and O–H groups in total. The molecular weight excluding hydrogens is 527 g/mol. The van der Waals surface area contributed by atoms with Gasteiger partial charge in [0.05, 0.1) is 0 Å². The van der Waals surface area contributed by atoms with Crippen LogP contribution in [0.3, 0.4) is 0 Å². The quantitative estimate of drug-likeness (QED) is 0.218. The minimum absolute atomic E-state index is 1.30. The van der Waals surface area contributed by atoms with Crippen LogP contribution in [-0.4, -0.2) is 18.4 Å². The summed E-state index contributed by atoms with van der Waals surface area (Å²) in [6.07, 6.45) is 0. The molecule has 0 fully saturated rings. The van der Waals surface area contributed by atoms with Crippen LogP contribution >= 0.6 is 0 Å². The summed E-state index contributed by atoms with van der Waals surface area (Å²) in [5.41, 5.74) is 13.5. The average molecular weight is 561 g/mol. The summed E-state index contributed by atoms with van der Waals surface area (Å²) < 4.78 is 3.21. The zero-order valence-electron chi connectivity index (χ0n) is 21.7.